The number of aromatic nitrogens is 1. The van der Waals surface area contributed by atoms with E-state index in [1.54, 1.807) is 12.2 Å². The third-order valence-electron chi connectivity index (χ3n) is 4.39. The van der Waals surface area contributed by atoms with Crippen molar-refractivity contribution in [3.05, 3.63) is 90.1 Å². The van der Waals surface area contributed by atoms with Crippen LogP contribution in [0, 0.1) is 0 Å². The van der Waals surface area contributed by atoms with E-state index in [-0.39, 0.29) is 0 Å². The van der Waals surface area contributed by atoms with Crippen LogP contribution in [0.5, 0.6) is 0 Å². The fourth-order valence-electron chi connectivity index (χ4n) is 2.99. The maximum atomic E-state index is 12.0. The Kier molecular flexibility index (Phi) is 11.2. The van der Waals surface area contributed by atoms with Crippen LogP contribution in [0.3, 0.4) is 0 Å². The summed E-state index contributed by atoms with van der Waals surface area (Å²) in [6.07, 6.45) is 17.5. The standard InChI is InChI=1S/C23H26N2O2S.C2H6/c1-5-9-12-17(8-4)20-16-28-23(24-20)25-15-19(13-10-6-2)18(11-7-3)14-21(25)22(26)27;1-2/h5-13,16,21H,1,3,14-15H2,2,4H3,(H,26,27);1-2H3/b10-6-,12-9-,17-8+,18-11-,19-13-;. The molecule has 0 saturated carbocycles. The van der Waals surface area contributed by atoms with Crippen LogP contribution >= 0.6 is 11.3 Å². The lowest BCUT2D eigenvalue weighted by molar-refractivity contribution is -0.138. The van der Waals surface area contributed by atoms with E-state index in [9.17, 15) is 9.90 Å². The second-order valence-corrected chi connectivity index (χ2v) is 7.02. The molecule has 1 aliphatic rings. The van der Waals surface area contributed by atoms with Crippen molar-refractivity contribution in [2.45, 2.75) is 40.2 Å². The molecule has 30 heavy (non-hydrogen) atoms. The number of carboxylic acid groups (broad SMARTS) is 1. The Morgan fingerprint density at radius 1 is 1.20 bits per heavy atom. The fraction of sp³-hybridized carbons (Fsp3) is 0.280. The Labute approximate surface area is 184 Å². The molecule has 1 unspecified atom stereocenters. The van der Waals surface area contributed by atoms with Crippen LogP contribution in [0.15, 0.2) is 84.4 Å². The number of thiazole rings is 1. The number of nitrogens with zero attached hydrogens (tertiary/aromatic N) is 2. The third-order valence-corrected chi connectivity index (χ3v) is 5.27. The number of piperidine rings is 1. The summed E-state index contributed by atoms with van der Waals surface area (Å²) < 4.78 is 0. The number of carboxylic acids is 1. The SMILES string of the molecule is C=C/C=C\C(=C/C)c1csc(N2CC(=C/C=C\C)/C(=C\C=C)CC2C(=O)O)n1.CC. The summed E-state index contributed by atoms with van der Waals surface area (Å²) in [6.45, 7) is 15.8. The number of rotatable bonds is 7. The highest BCUT2D eigenvalue weighted by atomic mass is 32.1. The van der Waals surface area contributed by atoms with Crippen molar-refractivity contribution in [2.24, 2.45) is 0 Å². The minimum Gasteiger partial charge on any atom is -0.480 e. The molecule has 5 heteroatoms. The molecular formula is C25H32N2O2S. The average molecular weight is 425 g/mol. The lowest BCUT2D eigenvalue weighted by Gasteiger charge is -2.35. The van der Waals surface area contributed by atoms with Gasteiger partial charge >= 0.3 is 5.97 Å². The Hall–Kier alpha value is -2.92. The molecule has 1 atom stereocenters. The van der Waals surface area contributed by atoms with Crippen LogP contribution in [-0.4, -0.2) is 28.6 Å². The highest BCUT2D eigenvalue weighted by molar-refractivity contribution is 7.13. The minimum atomic E-state index is -0.852. The van der Waals surface area contributed by atoms with Gasteiger partial charge in [0.25, 0.3) is 0 Å². The summed E-state index contributed by atoms with van der Waals surface area (Å²) in [5.74, 6) is -0.852. The molecule has 1 fully saturated rings. The van der Waals surface area contributed by atoms with Gasteiger partial charge in [0.1, 0.15) is 6.04 Å². The first-order chi connectivity index (χ1) is 14.5. The van der Waals surface area contributed by atoms with Crippen LogP contribution in [0.2, 0.25) is 0 Å². The summed E-state index contributed by atoms with van der Waals surface area (Å²) in [4.78, 5) is 18.6. The minimum absolute atomic E-state index is 0.409. The zero-order valence-electron chi connectivity index (χ0n) is 18.3. The van der Waals surface area contributed by atoms with E-state index in [0.717, 1.165) is 22.4 Å². The van der Waals surface area contributed by atoms with Crippen molar-refractivity contribution in [3.63, 3.8) is 0 Å². The molecule has 0 amide bonds. The van der Waals surface area contributed by atoms with Gasteiger partial charge in [0, 0.05) is 18.3 Å². The normalized spacial score (nSPS) is 19.9. The number of carbonyl (C=O) groups is 1. The molecule has 0 radical (unpaired) electrons. The van der Waals surface area contributed by atoms with Gasteiger partial charge in [-0.15, -0.1) is 11.3 Å². The number of anilines is 1. The Bertz CT molecular complexity index is 885. The first-order valence-corrected chi connectivity index (χ1v) is 11.0. The molecule has 2 rings (SSSR count). The van der Waals surface area contributed by atoms with Gasteiger partial charge in [-0.1, -0.05) is 81.7 Å². The fourth-order valence-corrected chi connectivity index (χ4v) is 3.87. The van der Waals surface area contributed by atoms with E-state index in [1.807, 2.05) is 80.5 Å². The average Bonchev–Trinajstić information content (AvgIpc) is 3.24. The zero-order chi connectivity index (χ0) is 22.5. The van der Waals surface area contributed by atoms with E-state index in [4.69, 9.17) is 4.98 Å². The van der Waals surface area contributed by atoms with Gasteiger partial charge in [0.15, 0.2) is 5.13 Å². The Morgan fingerprint density at radius 2 is 1.93 bits per heavy atom. The maximum Gasteiger partial charge on any atom is 0.326 e. The molecule has 1 N–H and O–H groups in total. The second-order valence-electron chi connectivity index (χ2n) is 6.19. The Morgan fingerprint density at radius 3 is 2.50 bits per heavy atom. The van der Waals surface area contributed by atoms with Crippen LogP contribution in [0.25, 0.3) is 5.57 Å². The molecule has 1 saturated heterocycles. The van der Waals surface area contributed by atoms with Gasteiger partial charge in [-0.05, 0) is 30.6 Å². The van der Waals surface area contributed by atoms with Crippen LogP contribution < -0.4 is 4.90 Å². The van der Waals surface area contributed by atoms with Gasteiger partial charge in [-0.3, -0.25) is 0 Å². The van der Waals surface area contributed by atoms with E-state index >= 15 is 0 Å². The number of hydrogen-bond donors (Lipinski definition) is 1. The zero-order valence-corrected chi connectivity index (χ0v) is 19.2. The molecule has 0 bridgehead atoms. The molecule has 0 aliphatic carbocycles. The molecular weight excluding hydrogens is 392 g/mol. The number of hydrogen-bond acceptors (Lipinski definition) is 4. The van der Waals surface area contributed by atoms with E-state index in [1.165, 1.54) is 11.3 Å². The quantitative estimate of drug-likeness (QED) is 0.501. The molecule has 0 spiro atoms. The third kappa shape index (κ3) is 6.56. The summed E-state index contributed by atoms with van der Waals surface area (Å²) in [6, 6.07) is -0.661. The van der Waals surface area contributed by atoms with Gasteiger partial charge in [-0.25, -0.2) is 9.78 Å². The van der Waals surface area contributed by atoms with Gasteiger partial charge < -0.3 is 10.0 Å². The van der Waals surface area contributed by atoms with Crippen molar-refractivity contribution in [2.75, 3.05) is 11.4 Å². The molecule has 2 heterocycles. The first-order valence-electron chi connectivity index (χ1n) is 10.1. The molecule has 1 aromatic rings. The summed E-state index contributed by atoms with van der Waals surface area (Å²) in [5.41, 5.74) is 3.88. The molecule has 1 aromatic heterocycles. The van der Waals surface area contributed by atoms with Crippen molar-refractivity contribution in [3.8, 4) is 0 Å². The van der Waals surface area contributed by atoms with E-state index in [2.05, 4.69) is 13.2 Å². The largest absolute Gasteiger partial charge is 0.480 e. The highest BCUT2D eigenvalue weighted by Gasteiger charge is 2.34. The lowest BCUT2D eigenvalue weighted by Crippen LogP contribution is -2.46. The topological polar surface area (TPSA) is 53.4 Å². The van der Waals surface area contributed by atoms with Crippen molar-refractivity contribution >= 4 is 28.0 Å². The lowest BCUT2D eigenvalue weighted by atomic mass is 9.91. The van der Waals surface area contributed by atoms with Crippen molar-refractivity contribution in [1.82, 2.24) is 4.98 Å². The van der Waals surface area contributed by atoms with Crippen molar-refractivity contribution in [1.29, 1.82) is 0 Å². The predicted molar refractivity (Wildman–Crippen MR) is 131 cm³/mol. The monoisotopic (exact) mass is 424 g/mol. The second kappa shape index (κ2) is 13.3. The smallest absolute Gasteiger partial charge is 0.326 e. The molecule has 0 aromatic carbocycles. The van der Waals surface area contributed by atoms with Crippen LogP contribution in [0.4, 0.5) is 5.13 Å². The Balaban J connectivity index is 0.00000218. The predicted octanol–water partition coefficient (Wildman–Crippen LogP) is 6.59. The highest BCUT2D eigenvalue weighted by Crippen LogP contribution is 2.34. The summed E-state index contributed by atoms with van der Waals surface area (Å²) >= 11 is 1.46. The molecule has 160 valence electrons. The summed E-state index contributed by atoms with van der Waals surface area (Å²) in [5, 5.41) is 12.5. The summed E-state index contributed by atoms with van der Waals surface area (Å²) in [7, 11) is 0. The maximum absolute atomic E-state index is 12.0. The van der Waals surface area contributed by atoms with Gasteiger partial charge in [0.05, 0.1) is 5.69 Å². The first kappa shape index (κ1) is 25.1. The van der Waals surface area contributed by atoms with Crippen LogP contribution in [-0.2, 0) is 4.79 Å². The van der Waals surface area contributed by atoms with Gasteiger partial charge in [0.2, 0.25) is 0 Å². The van der Waals surface area contributed by atoms with Crippen molar-refractivity contribution < 1.29 is 9.90 Å². The number of aliphatic carboxylic acids is 1. The van der Waals surface area contributed by atoms with Gasteiger partial charge in [-0.2, -0.15) is 0 Å². The molecule has 1 aliphatic heterocycles. The number of allylic oxidation sites excluding steroid dienone is 10. The molecule has 4 nitrogen and oxygen atoms in total. The van der Waals surface area contributed by atoms with Crippen LogP contribution in [0.1, 0.15) is 39.8 Å². The van der Waals surface area contributed by atoms with E-state index < -0.39 is 12.0 Å². The van der Waals surface area contributed by atoms with E-state index in [0.29, 0.717) is 18.1 Å².